The minimum absolute atomic E-state index is 0.0287. The summed E-state index contributed by atoms with van der Waals surface area (Å²) >= 11 is 0. The molecule has 0 saturated heterocycles. The maximum Gasteiger partial charge on any atom is 0.234 e. The van der Waals surface area contributed by atoms with Gasteiger partial charge in [-0.2, -0.15) is 0 Å². The van der Waals surface area contributed by atoms with Crippen LogP contribution in [0.25, 0.3) is 0 Å². The predicted molar refractivity (Wildman–Crippen MR) is 117 cm³/mol. The molecule has 166 valence electrons. The minimum atomic E-state index is -0.398. The monoisotopic (exact) mass is 399 g/mol. The van der Waals surface area contributed by atoms with E-state index in [0.29, 0.717) is 6.54 Å². The molecule has 3 N–H and O–H groups in total. The molecule has 0 unspecified atom stereocenters. The molecule has 0 rings (SSSR count). The van der Waals surface area contributed by atoms with Gasteiger partial charge in [0.15, 0.2) is 11.6 Å². The van der Waals surface area contributed by atoms with Crippen LogP contribution < -0.4 is 16.0 Å². The maximum absolute atomic E-state index is 11.5. The second-order valence-corrected chi connectivity index (χ2v) is 11.3. The van der Waals surface area contributed by atoms with Crippen LogP contribution in [0.4, 0.5) is 0 Å². The number of carbonyl (C=O) groups excluding carboxylic acids is 3. The molecule has 0 atom stereocenters. The first-order chi connectivity index (χ1) is 12.1. The number of Topliss-reactive ketones (excluding diaryl/α,β-unsaturated/α-hetero) is 2. The van der Waals surface area contributed by atoms with Crippen LogP contribution in [0.3, 0.4) is 0 Å². The van der Waals surface area contributed by atoms with Gasteiger partial charge in [-0.1, -0.05) is 41.5 Å². The molecule has 0 heterocycles. The summed E-state index contributed by atoms with van der Waals surface area (Å²) in [5.41, 5.74) is -0.685. The van der Waals surface area contributed by atoms with Crippen LogP contribution in [0.1, 0.15) is 83.1 Å². The molecule has 6 heteroatoms. The van der Waals surface area contributed by atoms with Crippen molar-refractivity contribution >= 4 is 17.5 Å². The first-order valence-electron chi connectivity index (χ1n) is 9.98. The summed E-state index contributed by atoms with van der Waals surface area (Å²) in [6.45, 7) is 24.3. The molecule has 6 nitrogen and oxygen atoms in total. The molecule has 0 spiro atoms. The van der Waals surface area contributed by atoms with E-state index in [-0.39, 0.29) is 47.1 Å². The summed E-state index contributed by atoms with van der Waals surface area (Å²) in [5, 5.41) is 8.85. The Morgan fingerprint density at radius 3 is 1.18 bits per heavy atom. The van der Waals surface area contributed by atoms with Crippen molar-refractivity contribution in [1.82, 2.24) is 16.0 Å². The highest BCUT2D eigenvalue weighted by Crippen LogP contribution is 2.14. The summed E-state index contributed by atoms with van der Waals surface area (Å²) in [6, 6.07) is 0. The predicted octanol–water partition coefficient (Wildman–Crippen LogP) is 3.10. The number of hydrogen-bond acceptors (Lipinski definition) is 5. The number of carbonyl (C=O) groups is 3. The Labute approximate surface area is 173 Å². The van der Waals surface area contributed by atoms with Gasteiger partial charge in [0, 0.05) is 21.9 Å². The first-order valence-corrected chi connectivity index (χ1v) is 9.98. The molecule has 1 amide bonds. The zero-order chi connectivity index (χ0) is 23.0. The molecule has 28 heavy (non-hydrogen) atoms. The van der Waals surface area contributed by atoms with Crippen LogP contribution >= 0.6 is 0 Å². The Kier molecular flexibility index (Phi) is 11.4. The van der Waals surface area contributed by atoms with Crippen molar-refractivity contribution in [1.29, 1.82) is 0 Å². The fraction of sp³-hybridized carbons (Fsp3) is 0.864. The van der Waals surface area contributed by atoms with Crippen LogP contribution in [-0.4, -0.2) is 48.2 Å². The van der Waals surface area contributed by atoms with E-state index < -0.39 is 5.41 Å². The van der Waals surface area contributed by atoms with Crippen LogP contribution in [-0.2, 0) is 14.4 Å². The number of ketones is 2. The second-order valence-electron chi connectivity index (χ2n) is 11.3. The van der Waals surface area contributed by atoms with Crippen molar-refractivity contribution in [3.63, 3.8) is 0 Å². The molecule has 0 bridgehead atoms. The van der Waals surface area contributed by atoms with Gasteiger partial charge in [-0.15, -0.1) is 0 Å². The van der Waals surface area contributed by atoms with E-state index in [4.69, 9.17) is 0 Å². The molecular formula is C22H45N3O3. The lowest BCUT2D eigenvalue weighted by atomic mass is 9.90. The van der Waals surface area contributed by atoms with Gasteiger partial charge >= 0.3 is 0 Å². The molecule has 0 aliphatic rings. The molecule has 0 aromatic rings. The van der Waals surface area contributed by atoms with Crippen molar-refractivity contribution in [3.8, 4) is 0 Å². The van der Waals surface area contributed by atoms with Crippen LogP contribution in [0.5, 0.6) is 0 Å². The molecule has 0 aliphatic carbocycles. The summed E-state index contributed by atoms with van der Waals surface area (Å²) in [5.74, 6) is 0.154. The molecule has 0 radical (unpaired) electrons. The van der Waals surface area contributed by atoms with E-state index in [1.54, 1.807) is 0 Å². The van der Waals surface area contributed by atoms with E-state index in [9.17, 15) is 14.4 Å². The Balaban J connectivity index is 0. The van der Waals surface area contributed by atoms with E-state index in [1.165, 1.54) is 0 Å². The zero-order valence-electron chi connectivity index (χ0n) is 20.3. The van der Waals surface area contributed by atoms with E-state index in [0.717, 1.165) is 0 Å². The van der Waals surface area contributed by atoms with Crippen LogP contribution in [0.2, 0.25) is 0 Å². The Morgan fingerprint density at radius 1 is 0.536 bits per heavy atom. The Hall–Kier alpha value is -1.27. The van der Waals surface area contributed by atoms with Crippen molar-refractivity contribution in [3.05, 3.63) is 0 Å². The van der Waals surface area contributed by atoms with Crippen LogP contribution in [0.15, 0.2) is 0 Å². The van der Waals surface area contributed by atoms with Gasteiger partial charge in [0.25, 0.3) is 0 Å². The smallest absolute Gasteiger partial charge is 0.234 e. The fourth-order valence-corrected chi connectivity index (χ4v) is 1.46. The quantitative estimate of drug-likeness (QED) is 0.639. The standard InChI is InChI=1S/C12H24N2O2.C10H21NO/c1-11(2,3)9(15)7-13-10(16)8-14-12(4,5)6;1-9(2,3)8(12)7-11-10(4,5)6/h14H,7-8H2,1-6H3,(H,13,16);11H,7H2,1-6H3. The highest BCUT2D eigenvalue weighted by molar-refractivity contribution is 5.89. The zero-order valence-corrected chi connectivity index (χ0v) is 20.3. The van der Waals surface area contributed by atoms with Gasteiger partial charge < -0.3 is 16.0 Å². The lowest BCUT2D eigenvalue weighted by Crippen LogP contribution is -2.45. The van der Waals surface area contributed by atoms with Gasteiger partial charge in [0.2, 0.25) is 5.91 Å². The van der Waals surface area contributed by atoms with Gasteiger partial charge in [0.1, 0.15) is 0 Å². The Bertz CT molecular complexity index is 513. The van der Waals surface area contributed by atoms with Crippen molar-refractivity contribution in [2.24, 2.45) is 10.8 Å². The molecule has 0 aromatic heterocycles. The fourth-order valence-electron chi connectivity index (χ4n) is 1.46. The third-order valence-electron chi connectivity index (χ3n) is 3.68. The average Bonchev–Trinajstić information content (AvgIpc) is 2.45. The third kappa shape index (κ3) is 18.1. The van der Waals surface area contributed by atoms with Crippen LogP contribution in [0, 0.1) is 10.8 Å². The molecule has 0 aromatic carbocycles. The topological polar surface area (TPSA) is 87.3 Å². The highest BCUT2D eigenvalue weighted by Gasteiger charge is 2.22. The number of rotatable bonds is 6. The lowest BCUT2D eigenvalue weighted by molar-refractivity contribution is -0.128. The summed E-state index contributed by atoms with van der Waals surface area (Å²) < 4.78 is 0. The molecular weight excluding hydrogens is 354 g/mol. The number of amides is 1. The average molecular weight is 400 g/mol. The SMILES string of the molecule is CC(C)(C)NCC(=O)C(C)(C)C.CC(C)(C)NCC(=O)NCC(=O)C(C)(C)C. The van der Waals surface area contributed by atoms with Crippen molar-refractivity contribution < 1.29 is 14.4 Å². The van der Waals surface area contributed by atoms with E-state index in [2.05, 4.69) is 36.7 Å². The lowest BCUT2D eigenvalue weighted by Gasteiger charge is -2.23. The third-order valence-corrected chi connectivity index (χ3v) is 3.68. The van der Waals surface area contributed by atoms with Crippen molar-refractivity contribution in [2.45, 2.75) is 94.2 Å². The first kappa shape index (κ1) is 28.9. The van der Waals surface area contributed by atoms with E-state index >= 15 is 0 Å². The highest BCUT2D eigenvalue weighted by atomic mass is 16.2. The molecule has 0 saturated carbocycles. The second kappa shape index (κ2) is 11.1. The minimum Gasteiger partial charge on any atom is -0.348 e. The van der Waals surface area contributed by atoms with Gasteiger partial charge in [-0.25, -0.2) is 0 Å². The van der Waals surface area contributed by atoms with Gasteiger partial charge in [0.05, 0.1) is 19.6 Å². The number of hydrogen-bond donors (Lipinski definition) is 3. The summed E-state index contributed by atoms with van der Waals surface area (Å²) in [7, 11) is 0. The normalized spacial score (nSPS) is 12.7. The maximum atomic E-state index is 11.5. The summed E-state index contributed by atoms with van der Waals surface area (Å²) in [6.07, 6.45) is 0. The summed E-state index contributed by atoms with van der Waals surface area (Å²) in [4.78, 5) is 34.4. The van der Waals surface area contributed by atoms with Gasteiger partial charge in [-0.3, -0.25) is 14.4 Å². The molecule has 0 fully saturated rings. The van der Waals surface area contributed by atoms with E-state index in [1.807, 2.05) is 62.3 Å². The Morgan fingerprint density at radius 2 is 0.857 bits per heavy atom. The largest absolute Gasteiger partial charge is 0.348 e. The van der Waals surface area contributed by atoms with Crippen molar-refractivity contribution in [2.75, 3.05) is 19.6 Å². The van der Waals surface area contributed by atoms with Gasteiger partial charge in [-0.05, 0) is 41.5 Å². The molecule has 0 aliphatic heterocycles. The number of nitrogens with one attached hydrogen (secondary N) is 3.